The topological polar surface area (TPSA) is 70.1 Å². The molecule has 0 spiro atoms. The molecule has 0 saturated carbocycles. The van der Waals surface area contributed by atoms with Crippen molar-refractivity contribution < 1.29 is 5.11 Å². The SMILES string of the molecule is OC1(CNc2ncncc2I)CNC1. The molecule has 0 unspecified atom stereocenters. The molecule has 2 rings (SSSR count). The highest BCUT2D eigenvalue weighted by molar-refractivity contribution is 14.1. The largest absolute Gasteiger partial charge is 0.385 e. The smallest absolute Gasteiger partial charge is 0.142 e. The summed E-state index contributed by atoms with van der Waals surface area (Å²) < 4.78 is 0.959. The summed E-state index contributed by atoms with van der Waals surface area (Å²) >= 11 is 2.16. The first kappa shape index (κ1) is 10.1. The molecule has 1 saturated heterocycles. The van der Waals surface area contributed by atoms with Gasteiger partial charge in [-0.3, -0.25) is 0 Å². The molecule has 0 amide bonds. The van der Waals surface area contributed by atoms with Crippen molar-refractivity contribution in [1.82, 2.24) is 15.3 Å². The van der Waals surface area contributed by atoms with Gasteiger partial charge in [0.15, 0.2) is 0 Å². The summed E-state index contributed by atoms with van der Waals surface area (Å²) in [5, 5.41) is 15.9. The maximum absolute atomic E-state index is 9.79. The predicted octanol–water partition coefficient (Wildman–Crippen LogP) is -0.173. The first-order valence-electron chi connectivity index (χ1n) is 4.32. The molecule has 2 heterocycles. The van der Waals surface area contributed by atoms with Gasteiger partial charge in [0, 0.05) is 25.8 Å². The lowest BCUT2D eigenvalue weighted by molar-refractivity contribution is 0.00304. The summed E-state index contributed by atoms with van der Waals surface area (Å²) in [6.45, 7) is 1.80. The van der Waals surface area contributed by atoms with Gasteiger partial charge >= 0.3 is 0 Å². The van der Waals surface area contributed by atoms with E-state index in [1.807, 2.05) is 0 Å². The summed E-state index contributed by atoms with van der Waals surface area (Å²) in [5.41, 5.74) is -0.617. The van der Waals surface area contributed by atoms with Crippen LogP contribution in [0.1, 0.15) is 0 Å². The Labute approximate surface area is 95.5 Å². The highest BCUT2D eigenvalue weighted by Crippen LogP contribution is 2.15. The molecule has 0 radical (unpaired) electrons. The fourth-order valence-corrected chi connectivity index (χ4v) is 1.72. The van der Waals surface area contributed by atoms with E-state index in [-0.39, 0.29) is 0 Å². The average Bonchev–Trinajstić information content (AvgIpc) is 2.14. The van der Waals surface area contributed by atoms with Gasteiger partial charge in [-0.1, -0.05) is 0 Å². The molecule has 1 aromatic rings. The van der Waals surface area contributed by atoms with Crippen molar-refractivity contribution in [3.05, 3.63) is 16.1 Å². The van der Waals surface area contributed by atoms with Crippen molar-refractivity contribution in [2.75, 3.05) is 25.0 Å². The number of halogens is 1. The van der Waals surface area contributed by atoms with E-state index >= 15 is 0 Å². The van der Waals surface area contributed by atoms with Crippen molar-refractivity contribution in [2.24, 2.45) is 0 Å². The molecule has 0 bridgehead atoms. The van der Waals surface area contributed by atoms with Gasteiger partial charge in [0.25, 0.3) is 0 Å². The van der Waals surface area contributed by atoms with E-state index in [9.17, 15) is 5.11 Å². The van der Waals surface area contributed by atoms with Gasteiger partial charge in [-0.2, -0.15) is 0 Å². The summed E-state index contributed by atoms with van der Waals surface area (Å²) in [6, 6.07) is 0. The zero-order valence-corrected chi connectivity index (χ0v) is 9.65. The Morgan fingerprint density at radius 2 is 2.43 bits per heavy atom. The van der Waals surface area contributed by atoms with E-state index in [1.165, 1.54) is 6.33 Å². The van der Waals surface area contributed by atoms with Crippen molar-refractivity contribution in [3.8, 4) is 0 Å². The van der Waals surface area contributed by atoms with E-state index in [0.717, 1.165) is 9.39 Å². The van der Waals surface area contributed by atoms with Crippen LogP contribution in [0.25, 0.3) is 0 Å². The molecule has 1 aliphatic rings. The van der Waals surface area contributed by atoms with Gasteiger partial charge in [0.2, 0.25) is 0 Å². The number of aromatic nitrogens is 2. The molecular weight excluding hydrogens is 295 g/mol. The monoisotopic (exact) mass is 306 g/mol. The minimum Gasteiger partial charge on any atom is -0.385 e. The number of aliphatic hydroxyl groups is 1. The Balaban J connectivity index is 1.95. The van der Waals surface area contributed by atoms with Crippen molar-refractivity contribution in [2.45, 2.75) is 5.60 Å². The molecule has 0 aromatic carbocycles. The molecule has 5 nitrogen and oxygen atoms in total. The fraction of sp³-hybridized carbons (Fsp3) is 0.500. The van der Waals surface area contributed by atoms with Gasteiger partial charge in [-0.25, -0.2) is 9.97 Å². The van der Waals surface area contributed by atoms with Crippen LogP contribution in [-0.4, -0.2) is 40.3 Å². The quantitative estimate of drug-likeness (QED) is 0.676. The van der Waals surface area contributed by atoms with Crippen molar-refractivity contribution in [3.63, 3.8) is 0 Å². The van der Waals surface area contributed by atoms with Crippen LogP contribution in [0.3, 0.4) is 0 Å². The second-order valence-electron chi connectivity index (χ2n) is 3.40. The van der Waals surface area contributed by atoms with Crippen LogP contribution in [0, 0.1) is 3.57 Å². The van der Waals surface area contributed by atoms with Crippen LogP contribution < -0.4 is 10.6 Å². The third-order valence-electron chi connectivity index (χ3n) is 2.16. The standard InChI is InChI=1S/C8H11IN4O/c9-6-1-10-5-13-7(6)12-4-8(14)2-11-3-8/h1,5,11,14H,2-4H2,(H,10,12,13). The van der Waals surface area contributed by atoms with Crippen LogP contribution in [0.5, 0.6) is 0 Å². The molecular formula is C8H11IN4O. The summed E-state index contributed by atoms with van der Waals surface area (Å²) in [4.78, 5) is 7.97. The lowest BCUT2D eigenvalue weighted by Gasteiger charge is -2.37. The molecule has 0 aliphatic carbocycles. The van der Waals surface area contributed by atoms with E-state index in [2.05, 4.69) is 43.2 Å². The second-order valence-corrected chi connectivity index (χ2v) is 4.56. The zero-order chi connectivity index (χ0) is 10.0. The maximum atomic E-state index is 9.79. The van der Waals surface area contributed by atoms with Crippen LogP contribution >= 0.6 is 22.6 Å². The van der Waals surface area contributed by atoms with Gasteiger partial charge in [-0.05, 0) is 22.6 Å². The number of nitrogens with one attached hydrogen (secondary N) is 2. The van der Waals surface area contributed by atoms with Crippen LogP contribution in [0.15, 0.2) is 12.5 Å². The van der Waals surface area contributed by atoms with Gasteiger partial charge in [-0.15, -0.1) is 0 Å². The molecule has 14 heavy (non-hydrogen) atoms. The Hall–Kier alpha value is -0.470. The Morgan fingerprint density at radius 3 is 3.00 bits per heavy atom. The van der Waals surface area contributed by atoms with E-state index in [0.29, 0.717) is 19.6 Å². The minimum atomic E-state index is -0.617. The third-order valence-corrected chi connectivity index (χ3v) is 2.95. The van der Waals surface area contributed by atoms with Crippen molar-refractivity contribution >= 4 is 28.4 Å². The van der Waals surface area contributed by atoms with Crippen LogP contribution in [0.4, 0.5) is 5.82 Å². The lowest BCUT2D eigenvalue weighted by Crippen LogP contribution is -2.63. The Bertz CT molecular complexity index is 329. The first-order valence-corrected chi connectivity index (χ1v) is 5.40. The molecule has 3 N–H and O–H groups in total. The second kappa shape index (κ2) is 3.95. The Morgan fingerprint density at radius 1 is 1.64 bits per heavy atom. The molecule has 76 valence electrons. The molecule has 6 heteroatoms. The number of nitrogens with zero attached hydrogens (tertiary/aromatic N) is 2. The van der Waals surface area contributed by atoms with E-state index < -0.39 is 5.60 Å². The zero-order valence-electron chi connectivity index (χ0n) is 7.50. The number of β-amino-alcohol motifs (C(OH)–C–C–N with tert-alkyl or cyclic N) is 1. The van der Waals surface area contributed by atoms with Crippen LogP contribution in [-0.2, 0) is 0 Å². The normalized spacial score (nSPS) is 18.7. The maximum Gasteiger partial charge on any atom is 0.142 e. The first-order chi connectivity index (χ1) is 6.70. The van der Waals surface area contributed by atoms with Gasteiger partial charge in [0.1, 0.15) is 17.7 Å². The van der Waals surface area contributed by atoms with E-state index in [1.54, 1.807) is 6.20 Å². The summed E-state index contributed by atoms with van der Waals surface area (Å²) in [5.74, 6) is 0.779. The minimum absolute atomic E-state index is 0.521. The van der Waals surface area contributed by atoms with Gasteiger partial charge < -0.3 is 15.7 Å². The molecule has 1 fully saturated rings. The number of hydrogen-bond acceptors (Lipinski definition) is 5. The number of rotatable bonds is 3. The lowest BCUT2D eigenvalue weighted by atomic mass is 9.97. The predicted molar refractivity (Wildman–Crippen MR) is 61.1 cm³/mol. The molecule has 0 atom stereocenters. The number of hydrogen-bond donors (Lipinski definition) is 3. The van der Waals surface area contributed by atoms with Gasteiger partial charge in [0.05, 0.1) is 3.57 Å². The highest BCUT2D eigenvalue weighted by atomic mass is 127. The van der Waals surface area contributed by atoms with E-state index in [4.69, 9.17) is 0 Å². The molecule has 1 aromatic heterocycles. The summed E-state index contributed by atoms with van der Waals surface area (Å²) in [6.07, 6.45) is 3.23. The third kappa shape index (κ3) is 2.12. The summed E-state index contributed by atoms with van der Waals surface area (Å²) in [7, 11) is 0. The Kier molecular flexibility index (Phi) is 2.84. The molecule has 1 aliphatic heterocycles. The average molecular weight is 306 g/mol. The van der Waals surface area contributed by atoms with Crippen molar-refractivity contribution in [1.29, 1.82) is 0 Å². The fourth-order valence-electron chi connectivity index (χ4n) is 1.23. The van der Waals surface area contributed by atoms with Crippen LogP contribution in [0.2, 0.25) is 0 Å². The highest BCUT2D eigenvalue weighted by Gasteiger charge is 2.33. The number of anilines is 1.